The van der Waals surface area contributed by atoms with Gasteiger partial charge in [0.1, 0.15) is 5.75 Å². The van der Waals surface area contributed by atoms with Crippen LogP contribution in [0, 0.1) is 6.92 Å². The van der Waals surface area contributed by atoms with E-state index >= 15 is 0 Å². The number of fused-ring (bicyclic) bond motifs is 1. The number of nitrogens with zero attached hydrogens (tertiary/aromatic N) is 3. The fourth-order valence-electron chi connectivity index (χ4n) is 4.46. The molecule has 32 heavy (non-hydrogen) atoms. The van der Waals surface area contributed by atoms with E-state index in [9.17, 15) is 13.9 Å². The highest BCUT2D eigenvalue weighted by atomic mass is 31.0. The van der Waals surface area contributed by atoms with Crippen LogP contribution in [0.25, 0.3) is 5.70 Å². The largest absolute Gasteiger partial charge is 0.507 e. The number of phenols is 1. The van der Waals surface area contributed by atoms with Crippen molar-refractivity contribution < 1.29 is 18.6 Å². The molecule has 2 aliphatic rings. The van der Waals surface area contributed by atoms with Gasteiger partial charge in [0.15, 0.2) is 0 Å². The normalized spacial score (nSPS) is 22.6. The van der Waals surface area contributed by atoms with Crippen LogP contribution in [0.2, 0.25) is 0 Å². The molecule has 8 heteroatoms. The van der Waals surface area contributed by atoms with Crippen molar-refractivity contribution in [1.82, 2.24) is 9.80 Å². The number of phenolic OH excluding ortho intramolecular Hbond substituents is 1. The molecule has 3 rings (SSSR count). The first-order valence-electron chi connectivity index (χ1n) is 10.7. The van der Waals surface area contributed by atoms with Crippen LogP contribution in [-0.2, 0) is 10.4 Å². The zero-order chi connectivity index (χ0) is 23.6. The second-order valence-corrected chi connectivity index (χ2v) is 9.19. The first kappa shape index (κ1) is 24.4. The van der Waals surface area contributed by atoms with Gasteiger partial charge in [0.05, 0.1) is 24.4 Å². The second-order valence-electron chi connectivity index (χ2n) is 8.47. The van der Waals surface area contributed by atoms with Gasteiger partial charge in [0, 0.05) is 42.2 Å². The Morgan fingerprint density at radius 2 is 2.03 bits per heavy atom. The van der Waals surface area contributed by atoms with Gasteiger partial charge in [-0.15, -0.1) is 0 Å². The third kappa shape index (κ3) is 5.21. The Kier molecular flexibility index (Phi) is 7.41. The molecule has 0 aliphatic carbocycles. The molecule has 0 radical (unpaired) electrons. The molecule has 0 amide bonds. The monoisotopic (exact) mass is 463 g/mol. The van der Waals surface area contributed by atoms with Gasteiger partial charge in [-0.3, -0.25) is 4.99 Å². The van der Waals surface area contributed by atoms with E-state index in [0.29, 0.717) is 23.4 Å². The van der Waals surface area contributed by atoms with E-state index in [1.165, 1.54) is 15.3 Å². The number of allylic oxidation sites excluding steroid dienone is 4. The Morgan fingerprint density at radius 3 is 2.62 bits per heavy atom. The van der Waals surface area contributed by atoms with Gasteiger partial charge in [-0.05, 0) is 63.8 Å². The number of halogens is 2. The van der Waals surface area contributed by atoms with Gasteiger partial charge in [-0.2, -0.15) is 8.78 Å². The van der Waals surface area contributed by atoms with Crippen LogP contribution >= 0.6 is 9.24 Å². The summed E-state index contributed by atoms with van der Waals surface area (Å²) >= 11 is 0. The SMILES string of the molecule is C=N/C(=C\C=C(/C)N1CCOC2CCN(C(=C)C)CC21)c1c(C)cc(C(F)(F)P)cc1O. The van der Waals surface area contributed by atoms with Crippen LogP contribution in [0.1, 0.15) is 37.0 Å². The summed E-state index contributed by atoms with van der Waals surface area (Å²) in [6.45, 7) is 16.7. The summed E-state index contributed by atoms with van der Waals surface area (Å²) in [6.07, 6.45) is 4.84. The number of morpholine rings is 1. The summed E-state index contributed by atoms with van der Waals surface area (Å²) in [6, 6.07) is 2.65. The first-order chi connectivity index (χ1) is 15.0. The highest BCUT2D eigenvalue weighted by molar-refractivity contribution is 7.17. The Morgan fingerprint density at radius 1 is 1.31 bits per heavy atom. The predicted octanol–water partition coefficient (Wildman–Crippen LogP) is 4.88. The van der Waals surface area contributed by atoms with Gasteiger partial charge in [0.2, 0.25) is 0 Å². The Hall–Kier alpha value is -2.24. The maximum absolute atomic E-state index is 13.7. The maximum atomic E-state index is 13.7. The zero-order valence-corrected chi connectivity index (χ0v) is 20.1. The van der Waals surface area contributed by atoms with Gasteiger partial charge < -0.3 is 19.6 Å². The molecular weight excluding hydrogens is 431 g/mol. The van der Waals surface area contributed by atoms with Crippen molar-refractivity contribution in [2.45, 2.75) is 45.0 Å². The second kappa shape index (κ2) is 9.72. The quantitative estimate of drug-likeness (QED) is 0.371. The summed E-state index contributed by atoms with van der Waals surface area (Å²) in [5.74, 6) is -0.248. The highest BCUT2D eigenvalue weighted by Crippen LogP contribution is 2.40. The Bertz CT molecular complexity index is 932. The van der Waals surface area contributed by atoms with E-state index in [0.717, 1.165) is 43.5 Å². The van der Waals surface area contributed by atoms with Crippen molar-refractivity contribution >= 4 is 21.7 Å². The number of aliphatic imine (C=N–C) groups is 1. The number of aromatic hydroxyl groups is 1. The minimum absolute atomic E-state index is 0.177. The van der Waals surface area contributed by atoms with Crippen molar-refractivity contribution in [1.29, 1.82) is 0 Å². The number of rotatable bonds is 6. The summed E-state index contributed by atoms with van der Waals surface area (Å²) < 4.78 is 33.4. The molecule has 2 aliphatic heterocycles. The molecule has 0 saturated carbocycles. The number of likely N-dealkylation sites (tertiary alicyclic amines) is 1. The molecule has 2 fully saturated rings. The van der Waals surface area contributed by atoms with Crippen molar-refractivity contribution in [3.63, 3.8) is 0 Å². The van der Waals surface area contributed by atoms with E-state index in [-0.39, 0.29) is 23.5 Å². The first-order valence-corrected chi connectivity index (χ1v) is 11.3. The van der Waals surface area contributed by atoms with E-state index in [1.54, 1.807) is 13.0 Å². The summed E-state index contributed by atoms with van der Waals surface area (Å²) in [5.41, 5.74) is 0.0333. The van der Waals surface area contributed by atoms with Crippen molar-refractivity contribution in [3.05, 3.63) is 58.9 Å². The molecule has 2 saturated heterocycles. The van der Waals surface area contributed by atoms with Crippen molar-refractivity contribution in [2.24, 2.45) is 4.99 Å². The number of alkyl halides is 2. The molecular formula is C24H32F2N3O2P. The third-order valence-electron chi connectivity index (χ3n) is 6.19. The molecule has 1 aromatic rings. The molecule has 2 heterocycles. The molecule has 3 atom stereocenters. The average Bonchev–Trinajstić information content (AvgIpc) is 2.73. The van der Waals surface area contributed by atoms with Gasteiger partial charge in [0.25, 0.3) is 5.66 Å². The summed E-state index contributed by atoms with van der Waals surface area (Å²) in [5, 5.41) is 10.5. The lowest BCUT2D eigenvalue weighted by atomic mass is 9.97. The summed E-state index contributed by atoms with van der Waals surface area (Å²) in [4.78, 5) is 8.68. The standard InChI is InChI=1S/C24H32F2N3O2P/c1-15(2)28-9-8-22-20(14-28)29(10-11-31-22)17(4)6-7-19(27-5)23-16(3)12-18(13-21(23)30)24(25,26)32/h6-7,12-13,20,22,30H,1,5,8-11,14,32H2,2-4H3/b17-6+,19-7-. The number of hydrogen-bond acceptors (Lipinski definition) is 5. The zero-order valence-electron chi connectivity index (χ0n) is 18.9. The number of piperidine rings is 1. The number of aryl methyl sites for hydroxylation is 1. The highest BCUT2D eigenvalue weighted by Gasteiger charge is 2.37. The number of benzene rings is 1. The van der Waals surface area contributed by atoms with Crippen molar-refractivity contribution in [3.8, 4) is 5.75 Å². The van der Waals surface area contributed by atoms with Gasteiger partial charge >= 0.3 is 0 Å². The minimum atomic E-state index is -3.12. The van der Waals surface area contributed by atoms with E-state index in [4.69, 9.17) is 4.74 Å². The van der Waals surface area contributed by atoms with Crippen LogP contribution in [0.5, 0.6) is 5.75 Å². The van der Waals surface area contributed by atoms with Crippen LogP contribution in [0.4, 0.5) is 8.78 Å². The maximum Gasteiger partial charge on any atom is 0.284 e. The van der Waals surface area contributed by atoms with E-state index in [2.05, 4.69) is 28.1 Å². The van der Waals surface area contributed by atoms with Gasteiger partial charge in [-0.25, -0.2) is 0 Å². The third-order valence-corrected chi connectivity index (χ3v) is 6.52. The molecule has 0 spiro atoms. The molecule has 174 valence electrons. The Labute approximate surface area is 191 Å². The van der Waals surface area contributed by atoms with Crippen LogP contribution in [-0.4, -0.2) is 60.0 Å². The summed E-state index contributed by atoms with van der Waals surface area (Å²) in [7, 11) is 1.49. The van der Waals surface area contributed by atoms with E-state index in [1.807, 2.05) is 19.9 Å². The molecule has 1 aromatic carbocycles. The number of ether oxygens (including phenoxy) is 1. The average molecular weight is 464 g/mol. The van der Waals surface area contributed by atoms with Crippen LogP contribution in [0.15, 0.2) is 47.3 Å². The molecule has 0 aromatic heterocycles. The van der Waals surface area contributed by atoms with Gasteiger partial charge in [-0.1, -0.05) is 15.8 Å². The molecule has 3 unspecified atom stereocenters. The van der Waals surface area contributed by atoms with Crippen LogP contribution in [0.3, 0.4) is 0 Å². The predicted molar refractivity (Wildman–Crippen MR) is 129 cm³/mol. The lowest BCUT2D eigenvalue weighted by molar-refractivity contribution is -0.0868. The lowest BCUT2D eigenvalue weighted by Gasteiger charge is -2.49. The topological polar surface area (TPSA) is 48.3 Å². The smallest absolute Gasteiger partial charge is 0.284 e. The molecule has 0 bridgehead atoms. The lowest BCUT2D eigenvalue weighted by Crippen LogP contribution is -2.58. The molecule has 1 N–H and O–H groups in total. The van der Waals surface area contributed by atoms with Crippen LogP contribution < -0.4 is 0 Å². The fourth-order valence-corrected chi connectivity index (χ4v) is 4.63. The minimum Gasteiger partial charge on any atom is -0.507 e. The Balaban J connectivity index is 1.89. The van der Waals surface area contributed by atoms with Crippen molar-refractivity contribution in [2.75, 3.05) is 26.2 Å². The molecule has 5 nitrogen and oxygen atoms in total. The fraction of sp³-hybridized carbons (Fsp3) is 0.458. The number of hydrogen-bond donors (Lipinski definition) is 1. The van der Waals surface area contributed by atoms with E-state index < -0.39 is 5.66 Å².